The minimum Gasteiger partial charge on any atom is -0.352 e. The number of hydrogen-bond acceptors (Lipinski definition) is 4. The summed E-state index contributed by atoms with van der Waals surface area (Å²) in [4.78, 5) is 23.7. The van der Waals surface area contributed by atoms with E-state index in [9.17, 15) is 18.0 Å². The third kappa shape index (κ3) is 6.60. The lowest BCUT2D eigenvalue weighted by Crippen LogP contribution is -2.25. The Balaban J connectivity index is 1.50. The van der Waals surface area contributed by atoms with E-state index in [4.69, 9.17) is 0 Å². The maximum atomic E-state index is 12.4. The predicted octanol–water partition coefficient (Wildman–Crippen LogP) is 3.99. The number of hydrogen-bond donors (Lipinski definition) is 2. The van der Waals surface area contributed by atoms with Crippen molar-refractivity contribution in [2.45, 2.75) is 50.5 Å². The molecule has 0 atom stereocenters. The summed E-state index contributed by atoms with van der Waals surface area (Å²) in [5.74, 6) is -0.249. The number of nitrogens with one attached hydrogen (secondary N) is 2. The second-order valence-electron chi connectivity index (χ2n) is 7.72. The van der Waals surface area contributed by atoms with Crippen LogP contribution in [0.5, 0.6) is 0 Å². The Hall–Kier alpha value is -2.77. The Morgan fingerprint density at radius 3 is 2.23 bits per heavy atom. The van der Waals surface area contributed by atoms with E-state index in [2.05, 4.69) is 16.1 Å². The van der Waals surface area contributed by atoms with Crippen LogP contribution in [0.25, 0.3) is 0 Å². The highest BCUT2D eigenvalue weighted by molar-refractivity contribution is 7.89. The van der Waals surface area contributed by atoms with Gasteiger partial charge in [0.2, 0.25) is 10.0 Å². The van der Waals surface area contributed by atoms with E-state index in [0.29, 0.717) is 17.7 Å². The van der Waals surface area contributed by atoms with Crippen LogP contribution in [0.2, 0.25) is 0 Å². The van der Waals surface area contributed by atoms with Crippen molar-refractivity contribution >= 4 is 21.7 Å². The Morgan fingerprint density at radius 2 is 1.61 bits per heavy atom. The van der Waals surface area contributed by atoms with Crippen LogP contribution < -0.4 is 10.0 Å². The summed E-state index contributed by atoms with van der Waals surface area (Å²) in [7, 11) is -3.70. The highest BCUT2D eigenvalue weighted by Crippen LogP contribution is 2.19. The van der Waals surface area contributed by atoms with E-state index in [-0.39, 0.29) is 23.1 Å². The Labute approximate surface area is 183 Å². The zero-order valence-electron chi connectivity index (χ0n) is 17.7. The molecule has 7 heteroatoms. The number of rotatable bonds is 9. The summed E-state index contributed by atoms with van der Waals surface area (Å²) < 4.78 is 27.4. The molecule has 2 aromatic carbocycles. The first-order valence-electron chi connectivity index (χ1n) is 10.5. The van der Waals surface area contributed by atoms with Gasteiger partial charge in [0.25, 0.3) is 5.91 Å². The summed E-state index contributed by atoms with van der Waals surface area (Å²) in [6.45, 7) is 2.15. The number of carbonyl (C=O) groups is 2. The second kappa shape index (κ2) is 10.5. The molecule has 164 valence electrons. The van der Waals surface area contributed by atoms with Crippen LogP contribution in [-0.4, -0.2) is 26.7 Å². The molecule has 0 bridgehead atoms. The van der Waals surface area contributed by atoms with Gasteiger partial charge >= 0.3 is 0 Å². The van der Waals surface area contributed by atoms with Gasteiger partial charge in [-0.25, -0.2) is 13.1 Å². The maximum Gasteiger partial charge on any atom is 0.251 e. The normalized spacial score (nSPS) is 14.0. The van der Waals surface area contributed by atoms with Gasteiger partial charge in [0.15, 0.2) is 5.78 Å². The minimum atomic E-state index is -3.70. The van der Waals surface area contributed by atoms with Crippen LogP contribution in [-0.2, 0) is 16.6 Å². The Kier molecular flexibility index (Phi) is 7.76. The third-order valence-electron chi connectivity index (χ3n) is 5.37. The van der Waals surface area contributed by atoms with Gasteiger partial charge in [-0.3, -0.25) is 9.59 Å². The van der Waals surface area contributed by atoms with E-state index in [1.807, 2.05) is 0 Å². The van der Waals surface area contributed by atoms with E-state index >= 15 is 0 Å². The van der Waals surface area contributed by atoms with Crippen LogP contribution in [0, 0.1) is 0 Å². The van der Waals surface area contributed by atoms with Crippen LogP contribution in [0.4, 0.5) is 0 Å². The lowest BCUT2D eigenvalue weighted by Gasteiger charge is -2.13. The number of allylic oxidation sites excluding steroid dienone is 1. The highest BCUT2D eigenvalue weighted by Gasteiger charge is 2.14. The summed E-state index contributed by atoms with van der Waals surface area (Å²) in [5.41, 5.74) is 3.17. The lowest BCUT2D eigenvalue weighted by molar-refractivity contribution is 0.0953. The third-order valence-corrected chi connectivity index (χ3v) is 6.79. The summed E-state index contributed by atoms with van der Waals surface area (Å²) in [5, 5.41) is 2.94. The first kappa shape index (κ1) is 22.9. The van der Waals surface area contributed by atoms with Gasteiger partial charge in [-0.05, 0) is 68.9 Å². The van der Waals surface area contributed by atoms with Crippen molar-refractivity contribution in [1.82, 2.24) is 10.0 Å². The molecule has 6 nitrogen and oxygen atoms in total. The number of ketones is 1. The fraction of sp³-hybridized carbons (Fsp3) is 0.333. The van der Waals surface area contributed by atoms with Crippen molar-refractivity contribution < 1.29 is 18.0 Å². The molecule has 2 aromatic rings. The quantitative estimate of drug-likeness (QED) is 0.456. The van der Waals surface area contributed by atoms with Gasteiger partial charge < -0.3 is 5.32 Å². The van der Waals surface area contributed by atoms with Crippen LogP contribution in [0.1, 0.15) is 65.3 Å². The van der Waals surface area contributed by atoms with Crippen molar-refractivity contribution in [2.24, 2.45) is 0 Å². The van der Waals surface area contributed by atoms with Crippen molar-refractivity contribution in [3.8, 4) is 0 Å². The molecule has 1 aliphatic rings. The molecule has 0 unspecified atom stereocenters. The van der Waals surface area contributed by atoms with Gasteiger partial charge in [0.05, 0.1) is 4.90 Å². The minimum absolute atomic E-state index is 0.0987. The van der Waals surface area contributed by atoms with Gasteiger partial charge in [0, 0.05) is 24.2 Å². The summed E-state index contributed by atoms with van der Waals surface area (Å²) in [6, 6.07) is 12.7. The van der Waals surface area contributed by atoms with E-state index in [1.165, 1.54) is 49.6 Å². The predicted molar refractivity (Wildman–Crippen MR) is 120 cm³/mol. The molecular formula is C24H28N2O4S. The second-order valence-corrected chi connectivity index (χ2v) is 9.48. The molecule has 0 radical (unpaired) electrons. The number of carbonyl (C=O) groups excluding carboxylic acids is 2. The first-order chi connectivity index (χ1) is 14.8. The van der Waals surface area contributed by atoms with Crippen molar-refractivity contribution in [3.05, 3.63) is 76.9 Å². The topological polar surface area (TPSA) is 92.3 Å². The van der Waals surface area contributed by atoms with Crippen molar-refractivity contribution in [1.29, 1.82) is 0 Å². The van der Waals surface area contributed by atoms with Crippen molar-refractivity contribution in [3.63, 3.8) is 0 Å². The van der Waals surface area contributed by atoms with E-state index < -0.39 is 10.0 Å². The summed E-state index contributed by atoms with van der Waals surface area (Å²) in [6.07, 6.45) is 7.92. The number of sulfonamides is 1. The van der Waals surface area contributed by atoms with Gasteiger partial charge in [-0.2, -0.15) is 0 Å². The number of benzene rings is 2. The summed E-state index contributed by atoms with van der Waals surface area (Å²) >= 11 is 0. The zero-order chi connectivity index (χ0) is 22.3. The van der Waals surface area contributed by atoms with Gasteiger partial charge in [-0.15, -0.1) is 0 Å². The van der Waals surface area contributed by atoms with Crippen LogP contribution in [0.3, 0.4) is 0 Å². The molecule has 3 rings (SSSR count). The van der Waals surface area contributed by atoms with Gasteiger partial charge in [-0.1, -0.05) is 35.9 Å². The maximum absolute atomic E-state index is 12.4. The fourth-order valence-corrected chi connectivity index (χ4v) is 4.49. The molecular weight excluding hydrogens is 412 g/mol. The average Bonchev–Trinajstić information content (AvgIpc) is 2.79. The van der Waals surface area contributed by atoms with Crippen LogP contribution >= 0.6 is 0 Å². The largest absolute Gasteiger partial charge is 0.352 e. The van der Waals surface area contributed by atoms with Gasteiger partial charge in [0.1, 0.15) is 0 Å². The molecule has 0 spiro atoms. The molecule has 0 saturated heterocycles. The SMILES string of the molecule is CC(=O)c1ccc(S(=O)(=O)NCc2ccc(C(=O)NCCC3=CCCCC3)cc2)cc1. The molecule has 0 aliphatic heterocycles. The average molecular weight is 441 g/mol. The Morgan fingerprint density at radius 1 is 0.935 bits per heavy atom. The monoisotopic (exact) mass is 440 g/mol. The molecule has 0 aromatic heterocycles. The molecule has 2 N–H and O–H groups in total. The fourth-order valence-electron chi connectivity index (χ4n) is 3.47. The first-order valence-corrected chi connectivity index (χ1v) is 12.0. The molecule has 0 saturated carbocycles. The smallest absolute Gasteiger partial charge is 0.251 e. The number of Topliss-reactive ketones (excluding diaryl/α,β-unsaturated/α-hetero) is 1. The highest BCUT2D eigenvalue weighted by atomic mass is 32.2. The molecule has 0 heterocycles. The Bertz CT molecular complexity index is 1060. The molecule has 31 heavy (non-hydrogen) atoms. The standard InChI is InChI=1S/C24H28N2O4S/c1-18(27)21-11-13-23(14-12-21)31(29,30)26-17-20-7-9-22(10-8-20)24(28)25-16-15-19-5-3-2-4-6-19/h5,7-14,26H,2-4,6,15-17H2,1H3,(H,25,28). The van der Waals surface area contributed by atoms with Crippen LogP contribution in [0.15, 0.2) is 65.1 Å². The van der Waals surface area contributed by atoms with E-state index in [0.717, 1.165) is 24.8 Å². The van der Waals surface area contributed by atoms with Crippen molar-refractivity contribution in [2.75, 3.05) is 6.54 Å². The van der Waals surface area contributed by atoms with E-state index in [1.54, 1.807) is 24.3 Å². The molecule has 1 aliphatic carbocycles. The molecule has 0 fully saturated rings. The number of amides is 1. The lowest BCUT2D eigenvalue weighted by atomic mass is 9.97. The zero-order valence-corrected chi connectivity index (χ0v) is 18.5. The molecule has 1 amide bonds.